The number of hydrogen-bond acceptors (Lipinski definition) is 7. The first kappa shape index (κ1) is 21.7. The van der Waals surface area contributed by atoms with Gasteiger partial charge < -0.3 is 24.6 Å². The van der Waals surface area contributed by atoms with Crippen LogP contribution in [0.15, 0.2) is 54.7 Å². The Bertz CT molecular complexity index is 1300. The van der Waals surface area contributed by atoms with E-state index in [1.54, 1.807) is 12.1 Å². The molecule has 1 aliphatic rings. The average Bonchev–Trinajstić information content (AvgIpc) is 3.59. The van der Waals surface area contributed by atoms with Crippen molar-refractivity contribution >= 4 is 17.3 Å². The van der Waals surface area contributed by atoms with Gasteiger partial charge in [-0.3, -0.25) is 0 Å². The fourth-order valence-electron chi connectivity index (χ4n) is 4.26. The molecule has 10 nitrogen and oxygen atoms in total. The number of ether oxygens (including phenoxy) is 1. The van der Waals surface area contributed by atoms with Gasteiger partial charge in [0.25, 0.3) is 0 Å². The molecule has 34 heavy (non-hydrogen) atoms. The smallest absolute Gasteiger partial charge is 0.337 e. The van der Waals surface area contributed by atoms with Crippen molar-refractivity contribution in [3.05, 3.63) is 71.4 Å². The third-order valence-corrected chi connectivity index (χ3v) is 5.88. The van der Waals surface area contributed by atoms with Gasteiger partial charge in [-0.1, -0.05) is 25.1 Å². The summed E-state index contributed by atoms with van der Waals surface area (Å²) in [6.07, 6.45) is 2.53. The number of hydrogen-bond donors (Lipinski definition) is 3. The summed E-state index contributed by atoms with van der Waals surface area (Å²) in [6, 6.07) is 15.4. The number of carbonyl (C=O) groups is 1. The zero-order chi connectivity index (χ0) is 23.7. The Labute approximate surface area is 196 Å². The molecule has 1 unspecified atom stereocenters. The molecule has 0 spiro atoms. The van der Waals surface area contributed by atoms with Gasteiger partial charge in [0.05, 0.1) is 22.6 Å². The fraction of sp³-hybridized carbons (Fsp3) is 0.250. The van der Waals surface area contributed by atoms with Gasteiger partial charge in [-0.15, -0.1) is 5.10 Å². The molecular formula is C24H25N7O3. The SMILES string of the molecule is CCOC1Nc2cccc(C(=O)O)c2N1Cc1ccc(-n2cc(CC)cc2-c2nnn[nH]2)cc1. The molecule has 3 heterocycles. The number of fused-ring (bicyclic) bond motifs is 1. The summed E-state index contributed by atoms with van der Waals surface area (Å²) in [5.41, 5.74) is 5.69. The zero-order valence-electron chi connectivity index (χ0n) is 18.9. The van der Waals surface area contributed by atoms with E-state index in [0.717, 1.165) is 29.1 Å². The summed E-state index contributed by atoms with van der Waals surface area (Å²) in [5, 5.41) is 27.3. The highest BCUT2D eigenvalue weighted by atomic mass is 16.5. The van der Waals surface area contributed by atoms with Crippen molar-refractivity contribution in [3.63, 3.8) is 0 Å². The Morgan fingerprint density at radius 1 is 1.15 bits per heavy atom. The van der Waals surface area contributed by atoms with E-state index in [4.69, 9.17) is 4.74 Å². The minimum atomic E-state index is -0.968. The molecule has 3 N–H and O–H groups in total. The van der Waals surface area contributed by atoms with Crippen LogP contribution in [0.3, 0.4) is 0 Å². The van der Waals surface area contributed by atoms with Crippen LogP contribution in [0.25, 0.3) is 17.2 Å². The number of tetrazole rings is 1. The van der Waals surface area contributed by atoms with Crippen molar-refractivity contribution in [2.24, 2.45) is 0 Å². The van der Waals surface area contributed by atoms with Crippen molar-refractivity contribution in [1.29, 1.82) is 0 Å². The van der Waals surface area contributed by atoms with E-state index in [1.165, 1.54) is 5.56 Å². The summed E-state index contributed by atoms with van der Waals surface area (Å²) < 4.78 is 7.92. The van der Waals surface area contributed by atoms with Gasteiger partial charge in [0, 0.05) is 25.0 Å². The monoisotopic (exact) mass is 459 g/mol. The van der Waals surface area contributed by atoms with E-state index in [-0.39, 0.29) is 5.56 Å². The molecule has 4 aromatic rings. The predicted octanol–water partition coefficient (Wildman–Crippen LogP) is 3.67. The molecule has 10 heteroatoms. The van der Waals surface area contributed by atoms with Gasteiger partial charge in [-0.2, -0.15) is 0 Å². The Morgan fingerprint density at radius 2 is 1.97 bits per heavy atom. The standard InChI is InChI=1S/C24H25N7O3/c1-3-15-12-20(22-26-28-29-27-22)30(13-15)17-10-8-16(9-11-17)14-31-21-18(23(32)33)6-5-7-19(21)25-24(31)34-4-2/h5-13,24-25H,3-4,14H2,1-2H3,(H,32,33)(H,26,27,28,29). The fourth-order valence-corrected chi connectivity index (χ4v) is 4.26. The number of carboxylic acids is 1. The number of aromatic nitrogens is 5. The van der Waals surface area contributed by atoms with Gasteiger partial charge >= 0.3 is 5.97 Å². The lowest BCUT2D eigenvalue weighted by Gasteiger charge is -2.27. The maximum absolute atomic E-state index is 11.9. The molecule has 1 atom stereocenters. The summed E-state index contributed by atoms with van der Waals surface area (Å²) >= 11 is 0. The second-order valence-electron chi connectivity index (χ2n) is 7.96. The average molecular weight is 460 g/mol. The molecule has 0 saturated heterocycles. The predicted molar refractivity (Wildman–Crippen MR) is 127 cm³/mol. The molecule has 0 aliphatic carbocycles. The highest BCUT2D eigenvalue weighted by Crippen LogP contribution is 2.39. The van der Waals surface area contributed by atoms with Crippen molar-refractivity contribution in [3.8, 4) is 17.2 Å². The second kappa shape index (κ2) is 8.99. The number of H-pyrrole nitrogens is 1. The largest absolute Gasteiger partial charge is 0.478 e. The molecule has 0 saturated carbocycles. The maximum Gasteiger partial charge on any atom is 0.337 e. The van der Waals surface area contributed by atoms with Crippen LogP contribution in [-0.4, -0.2) is 49.2 Å². The third-order valence-electron chi connectivity index (χ3n) is 5.88. The van der Waals surface area contributed by atoms with Gasteiger partial charge in [0.15, 0.2) is 5.82 Å². The lowest BCUT2D eigenvalue weighted by molar-refractivity contribution is 0.0694. The van der Waals surface area contributed by atoms with E-state index in [9.17, 15) is 9.90 Å². The highest BCUT2D eigenvalue weighted by Gasteiger charge is 2.33. The Hall–Kier alpha value is -4.18. The van der Waals surface area contributed by atoms with Crippen LogP contribution in [0.2, 0.25) is 0 Å². The molecule has 5 rings (SSSR count). The number of aryl methyl sites for hydroxylation is 1. The molecule has 2 aromatic heterocycles. The van der Waals surface area contributed by atoms with Gasteiger partial charge in [-0.05, 0) is 65.2 Å². The normalized spacial score (nSPS) is 14.8. The third kappa shape index (κ3) is 3.88. The van der Waals surface area contributed by atoms with Gasteiger partial charge in [0.1, 0.15) is 0 Å². The van der Waals surface area contributed by atoms with Crippen molar-refractivity contribution in [2.75, 3.05) is 16.8 Å². The summed E-state index contributed by atoms with van der Waals surface area (Å²) in [4.78, 5) is 13.8. The molecule has 0 amide bonds. The minimum Gasteiger partial charge on any atom is -0.478 e. The van der Waals surface area contributed by atoms with E-state index in [1.807, 2.05) is 42.2 Å². The summed E-state index contributed by atoms with van der Waals surface area (Å²) in [5.74, 6) is -0.366. The highest BCUT2D eigenvalue weighted by molar-refractivity contribution is 5.99. The lowest BCUT2D eigenvalue weighted by atomic mass is 10.1. The molecular weight excluding hydrogens is 434 g/mol. The first-order chi connectivity index (χ1) is 16.6. The lowest BCUT2D eigenvalue weighted by Crippen LogP contribution is -2.38. The van der Waals surface area contributed by atoms with Crippen LogP contribution in [0, 0.1) is 0 Å². The number of nitrogens with zero attached hydrogens (tertiary/aromatic N) is 5. The minimum absolute atomic E-state index is 0.244. The maximum atomic E-state index is 11.9. The van der Waals surface area contributed by atoms with E-state index in [2.05, 4.69) is 49.7 Å². The Balaban J connectivity index is 1.46. The molecule has 2 aromatic carbocycles. The first-order valence-corrected chi connectivity index (χ1v) is 11.1. The zero-order valence-corrected chi connectivity index (χ0v) is 18.9. The number of nitrogens with one attached hydrogen (secondary N) is 2. The second-order valence-corrected chi connectivity index (χ2v) is 7.96. The van der Waals surface area contributed by atoms with Crippen molar-refractivity contribution in [1.82, 2.24) is 25.2 Å². The Kier molecular flexibility index (Phi) is 5.72. The number of anilines is 2. The van der Waals surface area contributed by atoms with E-state index < -0.39 is 12.3 Å². The first-order valence-electron chi connectivity index (χ1n) is 11.1. The van der Waals surface area contributed by atoms with Gasteiger partial charge in [0.2, 0.25) is 6.35 Å². The molecule has 174 valence electrons. The molecule has 0 radical (unpaired) electrons. The molecule has 1 aliphatic heterocycles. The number of carboxylic acid groups (broad SMARTS) is 1. The Morgan fingerprint density at radius 3 is 2.65 bits per heavy atom. The van der Waals surface area contributed by atoms with Crippen molar-refractivity contribution < 1.29 is 14.6 Å². The van der Waals surface area contributed by atoms with Crippen LogP contribution < -0.4 is 10.2 Å². The molecule has 0 fully saturated rings. The molecule has 0 bridgehead atoms. The van der Waals surface area contributed by atoms with E-state index >= 15 is 0 Å². The van der Waals surface area contributed by atoms with Gasteiger partial charge in [-0.25, -0.2) is 9.89 Å². The van der Waals surface area contributed by atoms with Crippen LogP contribution in [0.1, 0.15) is 35.3 Å². The van der Waals surface area contributed by atoms with Crippen LogP contribution in [0.5, 0.6) is 0 Å². The van der Waals surface area contributed by atoms with E-state index in [0.29, 0.717) is 24.7 Å². The number of para-hydroxylation sites is 1. The van der Waals surface area contributed by atoms with Crippen molar-refractivity contribution in [2.45, 2.75) is 33.2 Å². The summed E-state index contributed by atoms with van der Waals surface area (Å²) in [6.45, 7) is 5.00. The van der Waals surface area contributed by atoms with Crippen LogP contribution >= 0.6 is 0 Å². The summed E-state index contributed by atoms with van der Waals surface area (Å²) in [7, 11) is 0. The number of rotatable bonds is 8. The quantitative estimate of drug-likeness (QED) is 0.365. The number of benzene rings is 2. The topological polar surface area (TPSA) is 121 Å². The van der Waals surface area contributed by atoms with Crippen LogP contribution in [0.4, 0.5) is 11.4 Å². The number of aromatic carboxylic acids is 1. The van der Waals surface area contributed by atoms with Crippen LogP contribution in [-0.2, 0) is 17.7 Å². The number of aromatic amines is 1.